The molecule has 1 saturated carbocycles. The van der Waals surface area contributed by atoms with Gasteiger partial charge in [0.15, 0.2) is 23.1 Å². The van der Waals surface area contributed by atoms with E-state index in [1.807, 2.05) is 0 Å². The zero-order valence-corrected chi connectivity index (χ0v) is 31.4. The second-order valence-electron chi connectivity index (χ2n) is 12.4. The highest BCUT2D eigenvalue weighted by Crippen LogP contribution is 2.49. The van der Waals surface area contributed by atoms with Crippen LogP contribution in [0.2, 0.25) is 0 Å². The smallest absolute Gasteiger partial charge is 0.349 e. The summed E-state index contributed by atoms with van der Waals surface area (Å²) in [5.41, 5.74) is -0.355. The standard InChI is InChI=1S/C38H43F2N4O9P/c1-5-35(45)44(24-54(48,51-6-2)52-7-3)19-8-20-50-34-22-28-30(23-33(34)49-4)41-18-15-31(28)53-32-14-13-27(21-29(32)40)43-37(47)38(16-17-38)36(46)42-26-11-9-25(39)10-12-26/h9-15,18,21-23H,5-8,16-17,19-20,24H2,1-4H3,(H,42,46)(H,43,47). The number of hydrogen-bond donors (Lipinski definition) is 2. The van der Waals surface area contributed by atoms with Crippen LogP contribution < -0.4 is 24.8 Å². The first-order valence-corrected chi connectivity index (χ1v) is 19.3. The molecule has 0 bridgehead atoms. The van der Waals surface area contributed by atoms with Crippen LogP contribution in [0.4, 0.5) is 20.2 Å². The van der Waals surface area contributed by atoms with Gasteiger partial charge >= 0.3 is 7.60 Å². The van der Waals surface area contributed by atoms with Gasteiger partial charge in [0.25, 0.3) is 0 Å². The molecule has 1 fully saturated rings. The van der Waals surface area contributed by atoms with Crippen LogP contribution in [0.15, 0.2) is 66.9 Å². The average molecular weight is 769 g/mol. The summed E-state index contributed by atoms with van der Waals surface area (Å²) in [6.45, 7) is 5.88. The molecule has 3 aromatic carbocycles. The molecule has 1 aliphatic carbocycles. The molecule has 288 valence electrons. The van der Waals surface area contributed by atoms with Crippen molar-refractivity contribution in [3.63, 3.8) is 0 Å². The Hall–Kier alpha value is -5.11. The summed E-state index contributed by atoms with van der Waals surface area (Å²) in [4.78, 5) is 44.5. The number of benzene rings is 3. The van der Waals surface area contributed by atoms with Crippen molar-refractivity contribution in [1.29, 1.82) is 0 Å². The predicted molar refractivity (Wildman–Crippen MR) is 198 cm³/mol. The Balaban J connectivity index is 1.25. The molecule has 16 heteroatoms. The van der Waals surface area contributed by atoms with Gasteiger partial charge < -0.3 is 38.8 Å². The van der Waals surface area contributed by atoms with E-state index in [-0.39, 0.29) is 62.2 Å². The summed E-state index contributed by atoms with van der Waals surface area (Å²) >= 11 is 0. The average Bonchev–Trinajstić information content (AvgIpc) is 3.97. The minimum absolute atomic E-state index is 0.128. The third-order valence-corrected chi connectivity index (χ3v) is 10.6. The minimum atomic E-state index is -3.50. The number of nitrogens with zero attached hydrogens (tertiary/aromatic N) is 2. The molecule has 0 unspecified atom stereocenters. The second-order valence-corrected chi connectivity index (χ2v) is 14.4. The van der Waals surface area contributed by atoms with E-state index in [4.69, 9.17) is 23.3 Å². The summed E-state index contributed by atoms with van der Waals surface area (Å²) in [7, 11) is -2.02. The van der Waals surface area contributed by atoms with E-state index < -0.39 is 36.5 Å². The summed E-state index contributed by atoms with van der Waals surface area (Å²) in [6, 6.07) is 14.0. The van der Waals surface area contributed by atoms with E-state index in [0.717, 1.165) is 6.07 Å². The first kappa shape index (κ1) is 40.1. The zero-order valence-electron chi connectivity index (χ0n) is 30.5. The number of carbonyl (C=O) groups excluding carboxylic acids is 3. The highest BCUT2D eigenvalue weighted by atomic mass is 31.2. The third-order valence-electron chi connectivity index (χ3n) is 8.60. The summed E-state index contributed by atoms with van der Waals surface area (Å²) < 4.78 is 70.1. The molecule has 0 radical (unpaired) electrons. The molecule has 5 rings (SSSR count). The quantitative estimate of drug-likeness (QED) is 0.0547. The van der Waals surface area contributed by atoms with Gasteiger partial charge in [-0.15, -0.1) is 0 Å². The van der Waals surface area contributed by atoms with Crippen LogP contribution in [-0.4, -0.2) is 67.4 Å². The molecule has 0 atom stereocenters. The molecule has 0 aliphatic heterocycles. The fraction of sp³-hybridized carbons (Fsp3) is 0.368. The molecular formula is C38H43F2N4O9P. The largest absolute Gasteiger partial charge is 0.493 e. The van der Waals surface area contributed by atoms with Crippen LogP contribution >= 0.6 is 7.60 Å². The fourth-order valence-corrected chi connectivity index (χ4v) is 7.39. The Morgan fingerprint density at radius 1 is 0.852 bits per heavy atom. The first-order valence-electron chi connectivity index (χ1n) is 17.6. The molecule has 0 saturated heterocycles. The predicted octanol–water partition coefficient (Wildman–Crippen LogP) is 7.90. The number of aromatic nitrogens is 1. The van der Waals surface area contributed by atoms with Gasteiger partial charge in [-0.25, -0.2) is 8.78 Å². The number of halogens is 2. The number of pyridine rings is 1. The highest BCUT2D eigenvalue weighted by molar-refractivity contribution is 7.53. The first-order chi connectivity index (χ1) is 25.9. The number of ether oxygens (including phenoxy) is 3. The number of carbonyl (C=O) groups is 3. The molecule has 54 heavy (non-hydrogen) atoms. The van der Waals surface area contributed by atoms with Crippen LogP contribution in [0.3, 0.4) is 0 Å². The van der Waals surface area contributed by atoms with E-state index in [0.29, 0.717) is 47.4 Å². The highest BCUT2D eigenvalue weighted by Gasteiger charge is 2.56. The van der Waals surface area contributed by atoms with Gasteiger partial charge in [0, 0.05) is 48.1 Å². The normalized spacial score (nSPS) is 13.2. The molecule has 13 nitrogen and oxygen atoms in total. The maximum absolute atomic E-state index is 15.4. The SMILES string of the molecule is CCOP(=O)(CN(CCCOc1cc2c(Oc3ccc(NC(=O)C4(C(=O)Nc5ccc(F)cc5)CC4)cc3F)ccnc2cc1OC)C(=O)CC)OCC. The number of rotatable bonds is 19. The van der Waals surface area contributed by atoms with Gasteiger partial charge in [-0.3, -0.25) is 23.9 Å². The number of fused-ring (bicyclic) bond motifs is 1. The number of anilines is 2. The monoisotopic (exact) mass is 768 g/mol. The molecule has 0 spiro atoms. The number of nitrogens with one attached hydrogen (secondary N) is 2. The van der Waals surface area contributed by atoms with E-state index in [9.17, 15) is 23.3 Å². The van der Waals surface area contributed by atoms with Crippen LogP contribution in [0.25, 0.3) is 10.9 Å². The lowest BCUT2D eigenvalue weighted by atomic mass is 10.0. The molecule has 4 aromatic rings. The molecule has 1 aliphatic rings. The second kappa shape index (κ2) is 17.8. The van der Waals surface area contributed by atoms with Crippen molar-refractivity contribution in [2.75, 3.05) is 50.4 Å². The molecule has 1 heterocycles. The lowest BCUT2D eigenvalue weighted by Gasteiger charge is -2.26. The number of amides is 3. The molecule has 2 N–H and O–H groups in total. The minimum Gasteiger partial charge on any atom is -0.493 e. The summed E-state index contributed by atoms with van der Waals surface area (Å²) in [5, 5.41) is 5.75. The van der Waals surface area contributed by atoms with E-state index in [2.05, 4.69) is 15.6 Å². The Morgan fingerprint density at radius 3 is 2.13 bits per heavy atom. The summed E-state index contributed by atoms with van der Waals surface area (Å²) in [5.74, 6) is -1.68. The van der Waals surface area contributed by atoms with Gasteiger partial charge in [-0.2, -0.15) is 0 Å². The Morgan fingerprint density at radius 2 is 1.52 bits per heavy atom. The van der Waals surface area contributed by atoms with Crippen molar-refractivity contribution in [2.24, 2.45) is 5.41 Å². The van der Waals surface area contributed by atoms with E-state index >= 15 is 4.39 Å². The van der Waals surface area contributed by atoms with Crippen molar-refractivity contribution in [3.8, 4) is 23.0 Å². The van der Waals surface area contributed by atoms with Gasteiger partial charge in [-0.1, -0.05) is 6.92 Å². The van der Waals surface area contributed by atoms with Gasteiger partial charge in [0.2, 0.25) is 17.7 Å². The van der Waals surface area contributed by atoms with Crippen molar-refractivity contribution in [3.05, 3.63) is 78.5 Å². The maximum Gasteiger partial charge on any atom is 0.349 e. The van der Waals surface area contributed by atoms with Crippen LogP contribution in [-0.2, 0) is 28.0 Å². The maximum atomic E-state index is 15.4. The zero-order chi connectivity index (χ0) is 38.9. The Labute approximate surface area is 311 Å². The van der Waals surface area contributed by atoms with Gasteiger partial charge in [-0.05, 0) is 81.6 Å². The van der Waals surface area contributed by atoms with Gasteiger partial charge in [0.05, 0.1) is 32.4 Å². The topological polar surface area (TPSA) is 155 Å². The van der Waals surface area contributed by atoms with Crippen molar-refractivity contribution < 1.29 is 51.0 Å². The van der Waals surface area contributed by atoms with Crippen LogP contribution in [0.1, 0.15) is 46.5 Å². The van der Waals surface area contributed by atoms with E-state index in [1.54, 1.807) is 39.0 Å². The molecule has 1 aromatic heterocycles. The van der Waals surface area contributed by atoms with E-state index in [1.165, 1.54) is 54.6 Å². The molecule has 3 amide bonds. The fourth-order valence-electron chi connectivity index (χ4n) is 5.64. The summed E-state index contributed by atoms with van der Waals surface area (Å²) in [6.07, 6.45) is 2.54. The van der Waals surface area contributed by atoms with Crippen molar-refractivity contribution in [1.82, 2.24) is 9.88 Å². The Bertz CT molecular complexity index is 2020. The van der Waals surface area contributed by atoms with Crippen molar-refractivity contribution >= 4 is 47.6 Å². The molecular weight excluding hydrogens is 725 g/mol. The lowest BCUT2D eigenvalue weighted by Crippen LogP contribution is -2.35. The van der Waals surface area contributed by atoms with Crippen molar-refractivity contribution in [2.45, 2.75) is 46.5 Å². The van der Waals surface area contributed by atoms with Crippen LogP contribution in [0, 0.1) is 17.0 Å². The van der Waals surface area contributed by atoms with Crippen LogP contribution in [0.5, 0.6) is 23.0 Å². The third kappa shape index (κ3) is 9.70. The van der Waals surface area contributed by atoms with Gasteiger partial charge in [0.1, 0.15) is 23.3 Å². The number of hydrogen-bond acceptors (Lipinski definition) is 10. The lowest BCUT2D eigenvalue weighted by molar-refractivity contribution is -0.131. The number of methoxy groups -OCH3 is 1. The Kier molecular flexibility index (Phi) is 13.2.